The Labute approximate surface area is 90.7 Å². The van der Waals surface area contributed by atoms with Gasteiger partial charge in [0.2, 0.25) is 0 Å². The van der Waals surface area contributed by atoms with Crippen molar-refractivity contribution in [2.45, 2.75) is 44.6 Å². The Bertz CT molecular complexity index is 352. The fraction of sp³-hybridized carbons (Fsp3) is 0.750. The molecule has 2 heterocycles. The highest BCUT2D eigenvalue weighted by molar-refractivity contribution is 5.25. The van der Waals surface area contributed by atoms with Crippen molar-refractivity contribution in [2.24, 2.45) is 5.92 Å². The number of rotatable bonds is 1. The molecule has 82 valence electrons. The molecule has 0 radical (unpaired) electrons. The van der Waals surface area contributed by atoms with Crippen molar-refractivity contribution < 1.29 is 0 Å². The first-order valence-corrected chi connectivity index (χ1v) is 6.08. The van der Waals surface area contributed by atoms with E-state index in [1.54, 1.807) is 0 Å². The highest BCUT2D eigenvalue weighted by Gasteiger charge is 2.41. The summed E-state index contributed by atoms with van der Waals surface area (Å²) in [6.45, 7) is 3.42. The molecule has 0 saturated heterocycles. The molecule has 2 N–H and O–H groups in total. The fourth-order valence-corrected chi connectivity index (χ4v) is 3.33. The second-order valence-corrected chi connectivity index (χ2v) is 5.09. The number of hydrogen-bond acceptors (Lipinski definition) is 2. The summed E-state index contributed by atoms with van der Waals surface area (Å²) in [6, 6.07) is 0. The van der Waals surface area contributed by atoms with E-state index in [1.807, 2.05) is 6.33 Å². The quantitative estimate of drug-likeness (QED) is 0.736. The van der Waals surface area contributed by atoms with Gasteiger partial charge < -0.3 is 10.3 Å². The van der Waals surface area contributed by atoms with Gasteiger partial charge in [0, 0.05) is 18.7 Å². The zero-order valence-electron chi connectivity index (χ0n) is 9.34. The van der Waals surface area contributed by atoms with Crippen LogP contribution in [-0.2, 0) is 12.0 Å². The molecular weight excluding hydrogens is 186 g/mol. The maximum Gasteiger partial charge on any atom is 0.0926 e. The highest BCUT2D eigenvalue weighted by Crippen LogP contribution is 2.41. The van der Waals surface area contributed by atoms with Crippen LogP contribution >= 0.6 is 0 Å². The molecule has 0 aromatic carbocycles. The maximum absolute atomic E-state index is 4.54. The van der Waals surface area contributed by atoms with Crippen LogP contribution in [0.5, 0.6) is 0 Å². The molecule has 3 heteroatoms. The van der Waals surface area contributed by atoms with Gasteiger partial charge in [-0.25, -0.2) is 4.98 Å². The standard InChI is InChI=1S/C12H19N3/c1-12(9-4-2-3-5-9)11-10(6-7-15-12)13-8-14-11/h8-9,15H,2-7H2,1H3,(H,13,14). The lowest BCUT2D eigenvalue weighted by Gasteiger charge is -2.39. The largest absolute Gasteiger partial charge is 0.348 e. The molecule has 0 amide bonds. The van der Waals surface area contributed by atoms with E-state index in [2.05, 4.69) is 22.2 Å². The molecule has 2 aliphatic rings. The fourth-order valence-electron chi connectivity index (χ4n) is 3.33. The van der Waals surface area contributed by atoms with Gasteiger partial charge in [0.15, 0.2) is 0 Å². The Balaban J connectivity index is 1.99. The molecule has 1 atom stereocenters. The number of nitrogens with zero attached hydrogens (tertiary/aromatic N) is 1. The number of hydrogen-bond donors (Lipinski definition) is 2. The van der Waals surface area contributed by atoms with E-state index < -0.39 is 0 Å². The maximum atomic E-state index is 4.54. The Morgan fingerprint density at radius 2 is 2.20 bits per heavy atom. The zero-order valence-corrected chi connectivity index (χ0v) is 9.34. The molecule has 0 bridgehead atoms. The Hall–Kier alpha value is -0.830. The average molecular weight is 205 g/mol. The number of fused-ring (bicyclic) bond motifs is 1. The molecule has 3 nitrogen and oxygen atoms in total. The molecule has 0 spiro atoms. The van der Waals surface area contributed by atoms with Gasteiger partial charge in [-0.15, -0.1) is 0 Å². The van der Waals surface area contributed by atoms with Gasteiger partial charge in [-0.2, -0.15) is 0 Å². The predicted octanol–water partition coefficient (Wildman–Crippen LogP) is 1.96. The average Bonchev–Trinajstić information content (AvgIpc) is 2.89. The van der Waals surface area contributed by atoms with E-state index in [9.17, 15) is 0 Å². The number of H-pyrrole nitrogens is 1. The van der Waals surface area contributed by atoms with Gasteiger partial charge in [-0.05, 0) is 25.7 Å². The van der Waals surface area contributed by atoms with Gasteiger partial charge in [0.1, 0.15) is 0 Å². The lowest BCUT2D eigenvalue weighted by molar-refractivity contribution is 0.217. The van der Waals surface area contributed by atoms with Crippen LogP contribution in [0.25, 0.3) is 0 Å². The Morgan fingerprint density at radius 3 is 3.00 bits per heavy atom. The molecule has 1 unspecified atom stereocenters. The first-order valence-electron chi connectivity index (χ1n) is 6.08. The van der Waals surface area contributed by atoms with Gasteiger partial charge >= 0.3 is 0 Å². The van der Waals surface area contributed by atoms with Crippen LogP contribution in [0.15, 0.2) is 6.33 Å². The van der Waals surface area contributed by atoms with Crippen molar-refractivity contribution in [2.75, 3.05) is 6.54 Å². The molecule has 1 fully saturated rings. The summed E-state index contributed by atoms with van der Waals surface area (Å²) in [4.78, 5) is 7.82. The normalized spacial score (nSPS) is 31.8. The smallest absolute Gasteiger partial charge is 0.0926 e. The summed E-state index contributed by atoms with van der Waals surface area (Å²) in [5, 5.41) is 3.70. The van der Waals surface area contributed by atoms with Crippen molar-refractivity contribution in [3.05, 3.63) is 17.7 Å². The molecule has 1 aliphatic carbocycles. The molecule has 15 heavy (non-hydrogen) atoms. The molecule has 1 aromatic heterocycles. The van der Waals surface area contributed by atoms with Crippen molar-refractivity contribution >= 4 is 0 Å². The lowest BCUT2D eigenvalue weighted by atomic mass is 9.78. The Kier molecular flexibility index (Phi) is 2.09. The third-order valence-electron chi connectivity index (χ3n) is 4.25. The van der Waals surface area contributed by atoms with Gasteiger partial charge in [-0.1, -0.05) is 12.8 Å². The van der Waals surface area contributed by atoms with E-state index in [1.165, 1.54) is 37.1 Å². The van der Waals surface area contributed by atoms with Crippen LogP contribution in [0, 0.1) is 5.92 Å². The van der Waals surface area contributed by atoms with Crippen molar-refractivity contribution in [1.29, 1.82) is 0 Å². The summed E-state index contributed by atoms with van der Waals surface area (Å²) in [7, 11) is 0. The summed E-state index contributed by atoms with van der Waals surface area (Å²) in [5.74, 6) is 0.778. The second-order valence-electron chi connectivity index (χ2n) is 5.09. The van der Waals surface area contributed by atoms with Crippen LogP contribution in [0.3, 0.4) is 0 Å². The first-order chi connectivity index (χ1) is 7.31. The van der Waals surface area contributed by atoms with Crippen LogP contribution in [0.1, 0.15) is 44.0 Å². The summed E-state index contributed by atoms with van der Waals surface area (Å²) >= 11 is 0. The van der Waals surface area contributed by atoms with E-state index in [4.69, 9.17) is 0 Å². The van der Waals surface area contributed by atoms with Crippen LogP contribution in [0.4, 0.5) is 0 Å². The number of aromatic amines is 1. The van der Waals surface area contributed by atoms with E-state index in [0.29, 0.717) is 0 Å². The third kappa shape index (κ3) is 1.33. The summed E-state index contributed by atoms with van der Waals surface area (Å²) < 4.78 is 0. The summed E-state index contributed by atoms with van der Waals surface area (Å²) in [5.41, 5.74) is 2.76. The van der Waals surface area contributed by atoms with Gasteiger partial charge in [-0.3, -0.25) is 0 Å². The van der Waals surface area contributed by atoms with Crippen LogP contribution in [-0.4, -0.2) is 16.5 Å². The lowest BCUT2D eigenvalue weighted by Crippen LogP contribution is -2.49. The molecule has 1 aliphatic heterocycles. The van der Waals surface area contributed by atoms with Crippen molar-refractivity contribution in [1.82, 2.24) is 15.3 Å². The highest BCUT2D eigenvalue weighted by atomic mass is 15.1. The van der Waals surface area contributed by atoms with E-state index in [0.717, 1.165) is 18.9 Å². The minimum absolute atomic E-state index is 0.129. The third-order valence-corrected chi connectivity index (χ3v) is 4.25. The monoisotopic (exact) mass is 205 g/mol. The number of aromatic nitrogens is 2. The summed E-state index contributed by atoms with van der Waals surface area (Å²) in [6.07, 6.45) is 8.44. The molecule has 1 aromatic rings. The van der Waals surface area contributed by atoms with Gasteiger partial charge in [0.25, 0.3) is 0 Å². The van der Waals surface area contributed by atoms with Gasteiger partial charge in [0.05, 0.1) is 17.6 Å². The van der Waals surface area contributed by atoms with E-state index >= 15 is 0 Å². The SMILES string of the molecule is CC1(C2CCCC2)NCCc2[nH]cnc21. The minimum Gasteiger partial charge on any atom is -0.348 e. The van der Waals surface area contributed by atoms with E-state index in [-0.39, 0.29) is 5.54 Å². The first kappa shape index (κ1) is 9.40. The zero-order chi connectivity index (χ0) is 10.3. The predicted molar refractivity (Wildman–Crippen MR) is 59.6 cm³/mol. The Morgan fingerprint density at radius 1 is 1.40 bits per heavy atom. The van der Waals surface area contributed by atoms with Crippen molar-refractivity contribution in [3.8, 4) is 0 Å². The molecule has 3 rings (SSSR count). The molecular formula is C12H19N3. The number of nitrogens with one attached hydrogen (secondary N) is 2. The van der Waals surface area contributed by atoms with Crippen LogP contribution < -0.4 is 5.32 Å². The molecule has 1 saturated carbocycles. The minimum atomic E-state index is 0.129. The number of imidazole rings is 1. The van der Waals surface area contributed by atoms with Crippen molar-refractivity contribution in [3.63, 3.8) is 0 Å². The second kappa shape index (κ2) is 3.34. The topological polar surface area (TPSA) is 40.7 Å². The van der Waals surface area contributed by atoms with Crippen LogP contribution in [0.2, 0.25) is 0 Å².